The second-order valence-corrected chi connectivity index (χ2v) is 21.2. The van der Waals surface area contributed by atoms with Gasteiger partial charge in [-0.1, -0.05) is 161 Å². The van der Waals surface area contributed by atoms with E-state index in [1.165, 1.54) is 50.2 Å². The molecule has 9 rings (SSSR count). The summed E-state index contributed by atoms with van der Waals surface area (Å²) >= 11 is 0. The number of anilines is 2. The Labute approximate surface area is 380 Å². The molecule has 5 nitrogen and oxygen atoms in total. The van der Waals surface area contributed by atoms with Crippen LogP contribution in [0.4, 0.5) is 11.4 Å². The van der Waals surface area contributed by atoms with Crippen molar-refractivity contribution in [1.29, 1.82) is 0 Å². The Hall–Kier alpha value is -6.59. The molecule has 5 heteroatoms. The lowest BCUT2D eigenvalue weighted by atomic mass is 9.78. The van der Waals surface area contributed by atoms with Crippen LogP contribution in [-0.2, 0) is 16.2 Å². The highest BCUT2D eigenvalue weighted by Crippen LogP contribution is 2.44. The molecule has 324 valence electrons. The minimum Gasteiger partial charge on any atom is -0.457 e. The molecule has 0 unspecified atom stereocenters. The molecule has 0 fully saturated rings. The number of rotatable bonds is 8. The third-order valence-corrected chi connectivity index (χ3v) is 13.0. The van der Waals surface area contributed by atoms with Crippen LogP contribution in [0, 0.1) is 5.41 Å². The Morgan fingerprint density at radius 3 is 1.83 bits per heavy atom. The fraction of sp³-hybridized carbons (Fsp3) is 0.271. The summed E-state index contributed by atoms with van der Waals surface area (Å²) in [7, 11) is 0. The maximum absolute atomic E-state index is 7.05. The zero-order valence-electron chi connectivity index (χ0n) is 39.5. The highest BCUT2D eigenvalue weighted by Gasteiger charge is 2.34. The van der Waals surface area contributed by atoms with E-state index in [0.717, 1.165) is 39.4 Å². The number of aromatic nitrogens is 2. The molecule has 0 amide bonds. The Bertz CT molecular complexity index is 3030. The van der Waals surface area contributed by atoms with E-state index in [9.17, 15) is 0 Å². The predicted molar refractivity (Wildman–Crippen MR) is 270 cm³/mol. The van der Waals surface area contributed by atoms with Crippen LogP contribution < -0.4 is 14.5 Å². The summed E-state index contributed by atoms with van der Waals surface area (Å²) in [6.45, 7) is 25.9. The number of ether oxygens (including phenoxy) is 1. The number of hydrogen-bond acceptors (Lipinski definition) is 4. The number of benzene rings is 6. The summed E-state index contributed by atoms with van der Waals surface area (Å²) in [6, 6.07) is 54.9. The molecule has 0 saturated carbocycles. The van der Waals surface area contributed by atoms with E-state index in [-0.39, 0.29) is 21.7 Å². The lowest BCUT2D eigenvalue weighted by molar-refractivity contribution is 0.480. The summed E-state index contributed by atoms with van der Waals surface area (Å²) in [5, 5.41) is 2.35. The van der Waals surface area contributed by atoms with Gasteiger partial charge in [0.15, 0.2) is 0 Å². The molecule has 2 aromatic heterocycles. The summed E-state index contributed by atoms with van der Waals surface area (Å²) in [5.74, 6) is 2.45. The highest BCUT2D eigenvalue weighted by atomic mass is 16.5. The topological polar surface area (TPSA) is 33.5 Å². The zero-order valence-corrected chi connectivity index (χ0v) is 39.5. The standard InChI is InChI=1S/C59H62N4O/c1-56(2,3)43-28-29-60-55(35-43)63-52-25-19-18-24-50(52)51-27-26-48(37-53(51)63)64-49-34-45(59(10,11)42-22-16-13-17-23-42)33-46(36-49)61-38-54(58(7,8)9)62(39-61)47-31-41(40-20-14-12-15-21-40)30-44(32-47)57(4,5)6/h12-38H,39H2,1-11H3. The van der Waals surface area contributed by atoms with Crippen molar-refractivity contribution < 1.29 is 4.74 Å². The van der Waals surface area contributed by atoms with Crippen LogP contribution in [-0.4, -0.2) is 16.2 Å². The molecule has 0 atom stereocenters. The fourth-order valence-electron chi connectivity index (χ4n) is 9.05. The second-order valence-electron chi connectivity index (χ2n) is 21.2. The molecule has 0 aliphatic carbocycles. The van der Waals surface area contributed by atoms with Crippen molar-refractivity contribution in [3.8, 4) is 28.4 Å². The molecule has 1 aliphatic rings. The van der Waals surface area contributed by atoms with Gasteiger partial charge in [-0.25, -0.2) is 4.98 Å². The van der Waals surface area contributed by atoms with Crippen molar-refractivity contribution in [2.24, 2.45) is 5.41 Å². The predicted octanol–water partition coefficient (Wildman–Crippen LogP) is 15.7. The number of hydrogen-bond donors (Lipinski definition) is 0. The highest BCUT2D eigenvalue weighted by molar-refractivity contribution is 6.09. The van der Waals surface area contributed by atoms with E-state index < -0.39 is 0 Å². The third-order valence-electron chi connectivity index (χ3n) is 13.0. The van der Waals surface area contributed by atoms with Crippen LogP contribution in [0.15, 0.2) is 170 Å². The van der Waals surface area contributed by atoms with Gasteiger partial charge < -0.3 is 14.5 Å². The minimum absolute atomic E-state index is 0.0161. The van der Waals surface area contributed by atoms with Gasteiger partial charge >= 0.3 is 0 Å². The summed E-state index contributed by atoms with van der Waals surface area (Å²) < 4.78 is 9.33. The van der Waals surface area contributed by atoms with Gasteiger partial charge in [-0.05, 0) is 98.8 Å². The van der Waals surface area contributed by atoms with Gasteiger partial charge in [0, 0.05) is 63.2 Å². The summed E-state index contributed by atoms with van der Waals surface area (Å²) in [6.07, 6.45) is 4.29. The van der Waals surface area contributed by atoms with Crippen molar-refractivity contribution >= 4 is 33.2 Å². The Balaban J connectivity index is 1.16. The lowest BCUT2D eigenvalue weighted by Gasteiger charge is -2.33. The molecule has 0 N–H and O–H groups in total. The molecule has 3 heterocycles. The van der Waals surface area contributed by atoms with E-state index in [1.807, 2.05) is 6.20 Å². The van der Waals surface area contributed by atoms with Gasteiger partial charge in [-0.2, -0.15) is 0 Å². The SMILES string of the molecule is CC(C)(C)C1=CN(c2cc(Oc3ccc4c5ccccc5n(-c5cc(C(C)(C)C)ccn5)c4c3)cc(C(C)(C)c3ccccc3)c2)CN1c1cc(-c2ccccc2)cc(C(C)(C)C)c1. The largest absolute Gasteiger partial charge is 0.457 e. The van der Waals surface area contributed by atoms with Crippen LogP contribution in [0.5, 0.6) is 11.5 Å². The van der Waals surface area contributed by atoms with Gasteiger partial charge in [0.05, 0.1) is 17.7 Å². The number of para-hydroxylation sites is 1. The van der Waals surface area contributed by atoms with Gasteiger partial charge in [0.1, 0.15) is 17.3 Å². The van der Waals surface area contributed by atoms with Crippen molar-refractivity contribution in [1.82, 2.24) is 9.55 Å². The first-order valence-corrected chi connectivity index (χ1v) is 22.7. The number of pyridine rings is 1. The van der Waals surface area contributed by atoms with Crippen LogP contribution in [0.3, 0.4) is 0 Å². The lowest BCUT2D eigenvalue weighted by Crippen LogP contribution is -2.31. The first-order chi connectivity index (χ1) is 30.3. The molecule has 0 radical (unpaired) electrons. The van der Waals surface area contributed by atoms with Gasteiger partial charge in [-0.15, -0.1) is 0 Å². The van der Waals surface area contributed by atoms with Gasteiger partial charge in [0.2, 0.25) is 0 Å². The number of allylic oxidation sites excluding steroid dienone is 1. The molecule has 0 saturated heterocycles. The van der Waals surface area contributed by atoms with E-state index in [4.69, 9.17) is 9.72 Å². The van der Waals surface area contributed by atoms with E-state index in [0.29, 0.717) is 6.67 Å². The fourth-order valence-corrected chi connectivity index (χ4v) is 9.05. The normalized spacial score (nSPS) is 13.8. The second kappa shape index (κ2) is 15.9. The third kappa shape index (κ3) is 8.20. The summed E-state index contributed by atoms with van der Waals surface area (Å²) in [4.78, 5) is 9.84. The maximum atomic E-state index is 7.05. The number of fused-ring (bicyclic) bond motifs is 3. The Morgan fingerprint density at radius 2 is 1.12 bits per heavy atom. The van der Waals surface area contributed by atoms with Crippen molar-refractivity contribution in [2.75, 3.05) is 16.5 Å². The molecular weight excluding hydrogens is 781 g/mol. The number of nitrogens with zero attached hydrogens (tertiary/aromatic N) is 4. The molecule has 8 aromatic rings. The Kier molecular flexibility index (Phi) is 10.6. The van der Waals surface area contributed by atoms with Crippen molar-refractivity contribution in [3.63, 3.8) is 0 Å². The zero-order chi connectivity index (χ0) is 45.2. The van der Waals surface area contributed by atoms with Gasteiger partial charge in [0.25, 0.3) is 0 Å². The molecule has 1 aliphatic heterocycles. The molecular formula is C59H62N4O. The van der Waals surface area contributed by atoms with Crippen LogP contribution in [0.2, 0.25) is 0 Å². The van der Waals surface area contributed by atoms with Crippen LogP contribution >= 0.6 is 0 Å². The van der Waals surface area contributed by atoms with Crippen LogP contribution in [0.25, 0.3) is 38.8 Å². The quantitative estimate of drug-likeness (QED) is 0.153. The van der Waals surface area contributed by atoms with E-state index in [2.05, 4.69) is 248 Å². The molecule has 64 heavy (non-hydrogen) atoms. The molecule has 0 bridgehead atoms. The van der Waals surface area contributed by atoms with Crippen molar-refractivity contribution in [3.05, 3.63) is 192 Å². The van der Waals surface area contributed by atoms with Gasteiger partial charge in [-0.3, -0.25) is 4.57 Å². The Morgan fingerprint density at radius 1 is 0.469 bits per heavy atom. The first kappa shape index (κ1) is 42.7. The first-order valence-electron chi connectivity index (χ1n) is 22.7. The van der Waals surface area contributed by atoms with E-state index >= 15 is 0 Å². The van der Waals surface area contributed by atoms with Crippen molar-refractivity contribution in [2.45, 2.75) is 92.4 Å². The smallest absolute Gasteiger partial charge is 0.137 e. The minimum atomic E-state index is -0.308. The maximum Gasteiger partial charge on any atom is 0.137 e. The average molecular weight is 843 g/mol. The molecule has 0 spiro atoms. The van der Waals surface area contributed by atoms with E-state index in [1.54, 1.807) is 0 Å². The van der Waals surface area contributed by atoms with Crippen LogP contribution in [0.1, 0.15) is 98.4 Å². The average Bonchev–Trinajstić information content (AvgIpc) is 3.87. The monoisotopic (exact) mass is 842 g/mol. The molecule has 6 aromatic carbocycles. The summed E-state index contributed by atoms with van der Waals surface area (Å²) in [5.41, 5.74) is 12.6.